The van der Waals surface area contributed by atoms with E-state index in [2.05, 4.69) is 24.5 Å². The van der Waals surface area contributed by atoms with Crippen LogP contribution in [0.25, 0.3) is 0 Å². The predicted molar refractivity (Wildman–Crippen MR) is 103 cm³/mol. The summed E-state index contributed by atoms with van der Waals surface area (Å²) in [5.74, 6) is -0.223. The number of carbonyl (C=O) groups excluding carboxylic acids is 1. The van der Waals surface area contributed by atoms with Gasteiger partial charge in [-0.05, 0) is 42.5 Å². The number of aryl methyl sites for hydroxylation is 1. The normalized spacial score (nSPS) is 21.2. The van der Waals surface area contributed by atoms with Crippen molar-refractivity contribution in [3.8, 4) is 0 Å². The third kappa shape index (κ3) is 2.90. The van der Waals surface area contributed by atoms with Crippen molar-refractivity contribution in [2.24, 2.45) is 5.41 Å². The Labute approximate surface area is 153 Å². The zero-order chi connectivity index (χ0) is 18.5. The lowest BCUT2D eigenvalue weighted by atomic mass is 9.73. The molecule has 26 heavy (non-hydrogen) atoms. The minimum absolute atomic E-state index is 0.0778. The van der Waals surface area contributed by atoms with Crippen LogP contribution in [0, 0.1) is 18.2 Å². The lowest BCUT2D eigenvalue weighted by Crippen LogP contribution is -2.31. The molecule has 4 heteroatoms. The minimum Gasteiger partial charge on any atom is -0.372 e. The van der Waals surface area contributed by atoms with E-state index in [4.69, 9.17) is 0 Å². The maximum absolute atomic E-state index is 14.6. The van der Waals surface area contributed by atoms with Crippen LogP contribution in [0.15, 0.2) is 53.7 Å². The molecule has 1 aliphatic heterocycles. The molecule has 4 rings (SSSR count). The Kier molecular flexibility index (Phi) is 3.87. The van der Waals surface area contributed by atoms with Crippen LogP contribution in [0.4, 0.5) is 15.8 Å². The van der Waals surface area contributed by atoms with Crippen molar-refractivity contribution in [2.75, 3.05) is 10.6 Å². The van der Waals surface area contributed by atoms with Crippen LogP contribution >= 0.6 is 0 Å². The number of hydrogen-bond donors (Lipinski definition) is 2. The van der Waals surface area contributed by atoms with Crippen LogP contribution in [0.1, 0.15) is 43.9 Å². The zero-order valence-corrected chi connectivity index (χ0v) is 15.3. The smallest absolute Gasteiger partial charge is 0.163 e. The van der Waals surface area contributed by atoms with Gasteiger partial charge in [0.05, 0.1) is 17.4 Å². The molecule has 0 fully saturated rings. The monoisotopic (exact) mass is 350 g/mol. The van der Waals surface area contributed by atoms with Crippen molar-refractivity contribution in [3.05, 3.63) is 70.7 Å². The first-order valence-corrected chi connectivity index (χ1v) is 8.99. The highest BCUT2D eigenvalue weighted by Crippen LogP contribution is 2.45. The number of Topliss-reactive ketones (excluding diaryl/α,β-unsaturated/α-hetero) is 1. The van der Waals surface area contributed by atoms with E-state index in [0.29, 0.717) is 17.6 Å². The number of benzene rings is 2. The van der Waals surface area contributed by atoms with Gasteiger partial charge < -0.3 is 10.6 Å². The molecule has 0 saturated carbocycles. The molecule has 0 radical (unpaired) electrons. The summed E-state index contributed by atoms with van der Waals surface area (Å²) in [6.45, 7) is 6.22. The quantitative estimate of drug-likeness (QED) is 0.728. The third-order valence-electron chi connectivity index (χ3n) is 5.19. The molecule has 2 aromatic rings. The highest BCUT2D eigenvalue weighted by molar-refractivity contribution is 6.01. The molecule has 2 aromatic carbocycles. The fraction of sp³-hybridized carbons (Fsp3) is 0.318. The third-order valence-corrected chi connectivity index (χ3v) is 5.19. The molecule has 2 N–H and O–H groups in total. The molecule has 1 aliphatic carbocycles. The van der Waals surface area contributed by atoms with E-state index in [1.165, 1.54) is 6.07 Å². The number of carbonyl (C=O) groups is 1. The van der Waals surface area contributed by atoms with E-state index in [9.17, 15) is 9.18 Å². The minimum atomic E-state index is -0.495. The SMILES string of the molecule is Cc1ccc2c(c1)N[C@H](c1ccccc1F)C1=C(CC(C)(C)CC1=O)N2. The summed E-state index contributed by atoms with van der Waals surface area (Å²) >= 11 is 0. The second-order valence-corrected chi connectivity index (χ2v) is 8.11. The number of halogens is 1. The van der Waals surface area contributed by atoms with Gasteiger partial charge in [-0.1, -0.05) is 38.1 Å². The van der Waals surface area contributed by atoms with Gasteiger partial charge in [0, 0.05) is 23.3 Å². The first-order chi connectivity index (χ1) is 12.3. The average Bonchev–Trinajstić information content (AvgIpc) is 2.70. The number of anilines is 2. The van der Waals surface area contributed by atoms with Crippen LogP contribution in [-0.2, 0) is 4.79 Å². The first-order valence-electron chi connectivity index (χ1n) is 8.99. The summed E-state index contributed by atoms with van der Waals surface area (Å²) in [7, 11) is 0. The molecule has 1 atom stereocenters. The topological polar surface area (TPSA) is 41.1 Å². The van der Waals surface area contributed by atoms with Gasteiger partial charge >= 0.3 is 0 Å². The van der Waals surface area contributed by atoms with Gasteiger partial charge in [0.2, 0.25) is 0 Å². The molecule has 0 saturated heterocycles. The molecule has 0 unspecified atom stereocenters. The molecule has 1 heterocycles. The highest BCUT2D eigenvalue weighted by Gasteiger charge is 2.39. The van der Waals surface area contributed by atoms with Crippen molar-refractivity contribution in [1.29, 1.82) is 0 Å². The lowest BCUT2D eigenvalue weighted by Gasteiger charge is -2.34. The standard InChI is InChI=1S/C22H23FN2O/c1-13-8-9-16-17(10-13)25-21(14-6-4-5-7-15(14)23)20-18(24-16)11-22(2,3)12-19(20)26/h4-10,21,24-25H,11-12H2,1-3H3/t21-/m1/s1. The van der Waals surface area contributed by atoms with Crippen molar-refractivity contribution in [1.82, 2.24) is 0 Å². The fourth-order valence-electron chi connectivity index (χ4n) is 4.00. The summed E-state index contributed by atoms with van der Waals surface area (Å²) in [5, 5.41) is 6.90. The Hall–Kier alpha value is -2.62. The van der Waals surface area contributed by atoms with E-state index in [0.717, 1.165) is 29.1 Å². The number of ketones is 1. The highest BCUT2D eigenvalue weighted by atomic mass is 19.1. The van der Waals surface area contributed by atoms with Gasteiger partial charge in [0.25, 0.3) is 0 Å². The lowest BCUT2D eigenvalue weighted by molar-refractivity contribution is -0.118. The Bertz CT molecular complexity index is 929. The van der Waals surface area contributed by atoms with Crippen LogP contribution in [-0.4, -0.2) is 5.78 Å². The number of hydrogen-bond acceptors (Lipinski definition) is 3. The largest absolute Gasteiger partial charge is 0.372 e. The molecular formula is C22H23FN2O. The number of rotatable bonds is 1. The summed E-state index contributed by atoms with van der Waals surface area (Å²) in [6, 6.07) is 12.3. The molecular weight excluding hydrogens is 327 g/mol. The Morgan fingerprint density at radius 2 is 1.85 bits per heavy atom. The first kappa shape index (κ1) is 16.8. The van der Waals surface area contributed by atoms with E-state index >= 15 is 0 Å². The fourth-order valence-corrected chi connectivity index (χ4v) is 4.00. The molecule has 0 aromatic heterocycles. The van der Waals surface area contributed by atoms with Crippen LogP contribution < -0.4 is 10.6 Å². The van der Waals surface area contributed by atoms with Gasteiger partial charge in [-0.15, -0.1) is 0 Å². The summed E-state index contributed by atoms with van der Waals surface area (Å²) in [6.07, 6.45) is 1.23. The molecule has 134 valence electrons. The number of allylic oxidation sites excluding steroid dienone is 1. The Morgan fingerprint density at radius 1 is 1.08 bits per heavy atom. The maximum Gasteiger partial charge on any atom is 0.163 e. The second-order valence-electron chi connectivity index (χ2n) is 8.11. The van der Waals surface area contributed by atoms with Gasteiger partial charge in [-0.2, -0.15) is 0 Å². The summed E-state index contributed by atoms with van der Waals surface area (Å²) in [5.41, 5.74) is 4.86. The van der Waals surface area contributed by atoms with Crippen molar-refractivity contribution < 1.29 is 9.18 Å². The molecule has 2 aliphatic rings. The van der Waals surface area contributed by atoms with Gasteiger partial charge in [-0.3, -0.25) is 4.79 Å². The predicted octanol–water partition coefficient (Wildman–Crippen LogP) is 5.36. The van der Waals surface area contributed by atoms with Gasteiger partial charge in [0.15, 0.2) is 5.78 Å². The van der Waals surface area contributed by atoms with Crippen LogP contribution in [0.3, 0.4) is 0 Å². The number of fused-ring (bicyclic) bond motifs is 1. The molecule has 0 spiro atoms. The van der Waals surface area contributed by atoms with Crippen LogP contribution in [0.5, 0.6) is 0 Å². The van der Waals surface area contributed by atoms with E-state index in [1.54, 1.807) is 12.1 Å². The maximum atomic E-state index is 14.6. The van der Waals surface area contributed by atoms with Crippen molar-refractivity contribution in [2.45, 2.75) is 39.7 Å². The second kappa shape index (κ2) is 5.97. The van der Waals surface area contributed by atoms with E-state index < -0.39 is 6.04 Å². The molecule has 0 amide bonds. The molecule has 3 nitrogen and oxygen atoms in total. The van der Waals surface area contributed by atoms with Crippen molar-refractivity contribution >= 4 is 17.2 Å². The average molecular weight is 350 g/mol. The van der Waals surface area contributed by atoms with Crippen LogP contribution in [0.2, 0.25) is 0 Å². The molecule has 0 bridgehead atoms. The number of nitrogens with one attached hydrogen (secondary N) is 2. The summed E-state index contributed by atoms with van der Waals surface area (Å²) < 4.78 is 14.6. The van der Waals surface area contributed by atoms with E-state index in [-0.39, 0.29) is 17.0 Å². The van der Waals surface area contributed by atoms with E-state index in [1.807, 2.05) is 31.2 Å². The van der Waals surface area contributed by atoms with Gasteiger partial charge in [0.1, 0.15) is 5.82 Å². The van der Waals surface area contributed by atoms with Gasteiger partial charge in [-0.25, -0.2) is 4.39 Å². The summed E-state index contributed by atoms with van der Waals surface area (Å²) in [4.78, 5) is 13.0. The van der Waals surface area contributed by atoms with Crippen molar-refractivity contribution in [3.63, 3.8) is 0 Å². The zero-order valence-electron chi connectivity index (χ0n) is 15.3. The Balaban J connectivity index is 1.92. The Morgan fingerprint density at radius 3 is 2.62 bits per heavy atom.